The zero-order valence-electron chi connectivity index (χ0n) is 63.4. The normalized spacial score (nSPS) is 11.4. The summed E-state index contributed by atoms with van der Waals surface area (Å²) in [5.74, 6) is 3.79. The van der Waals surface area contributed by atoms with Gasteiger partial charge in [0.2, 0.25) is 0 Å². The molecule has 0 aliphatic carbocycles. The molecule has 0 radical (unpaired) electrons. The fourth-order valence-corrected chi connectivity index (χ4v) is 15.7. The minimum Gasteiger partial charge on any atom is -0.455 e. The van der Waals surface area contributed by atoms with E-state index in [-0.39, 0.29) is 0 Å². The van der Waals surface area contributed by atoms with Crippen LogP contribution in [-0.2, 0) is 0 Å². The Morgan fingerprint density at radius 3 is 1.00 bits per heavy atom. The van der Waals surface area contributed by atoms with Crippen LogP contribution in [0.25, 0.3) is 223 Å². The van der Waals surface area contributed by atoms with Crippen LogP contribution in [0.3, 0.4) is 0 Å². The van der Waals surface area contributed by atoms with Gasteiger partial charge >= 0.3 is 0 Å². The van der Waals surface area contributed by atoms with Crippen molar-refractivity contribution in [1.82, 2.24) is 49.8 Å². The highest BCUT2D eigenvalue weighted by Crippen LogP contribution is 2.43. The first-order chi connectivity index (χ1) is 58.4. The Kier molecular flexibility index (Phi) is 18.0. The van der Waals surface area contributed by atoms with Gasteiger partial charge in [0.05, 0.1) is 16.3 Å². The number of benzene rings is 16. The van der Waals surface area contributed by atoms with Crippen LogP contribution < -0.4 is 0 Å². The minimum absolute atomic E-state index is 0.625. The molecule has 22 aromatic rings. The summed E-state index contributed by atoms with van der Waals surface area (Å²) >= 11 is 0. The van der Waals surface area contributed by atoms with Gasteiger partial charge in [0.1, 0.15) is 40.6 Å². The Hall–Kier alpha value is -16.2. The van der Waals surface area contributed by atoms with Gasteiger partial charge in [-0.2, -0.15) is 0 Å². The van der Waals surface area contributed by atoms with Crippen LogP contribution in [0.2, 0.25) is 0 Å². The number of hydrogen-bond donors (Lipinski definition) is 0. The number of rotatable bonds is 14. The monoisotopic (exact) mass is 1510 g/mol. The fraction of sp³-hybridized carbons (Fsp3) is 0. The summed E-state index contributed by atoms with van der Waals surface area (Å²) in [4.78, 5) is 48.1. The van der Waals surface area contributed by atoms with Gasteiger partial charge < -0.3 is 8.83 Å². The van der Waals surface area contributed by atoms with Gasteiger partial charge in [-0.1, -0.05) is 352 Å². The molecular weight excluding hydrogens is 1450 g/mol. The quantitative estimate of drug-likeness (QED) is 0.102. The van der Waals surface area contributed by atoms with Gasteiger partial charge in [-0.3, -0.25) is 0 Å². The second kappa shape index (κ2) is 30.4. The molecule has 552 valence electrons. The summed E-state index contributed by atoms with van der Waals surface area (Å²) in [6, 6.07) is 132. The molecule has 0 spiro atoms. The zero-order valence-corrected chi connectivity index (χ0v) is 63.4. The van der Waals surface area contributed by atoms with Crippen molar-refractivity contribution in [3.05, 3.63) is 401 Å². The van der Waals surface area contributed by atoms with Crippen molar-refractivity contribution >= 4 is 65.7 Å². The summed E-state index contributed by atoms with van der Waals surface area (Å²) in [5.41, 5.74) is 27.8. The highest BCUT2D eigenvalue weighted by Gasteiger charge is 2.22. The minimum atomic E-state index is 0.625. The van der Waals surface area contributed by atoms with Gasteiger partial charge in [0.25, 0.3) is 0 Å². The van der Waals surface area contributed by atoms with Crippen LogP contribution in [0.5, 0.6) is 0 Å². The third-order valence-corrected chi connectivity index (χ3v) is 21.8. The Balaban J connectivity index is 0.000000147. The van der Waals surface area contributed by atoms with Crippen LogP contribution in [0.1, 0.15) is 0 Å². The summed E-state index contributed by atoms with van der Waals surface area (Å²) in [6.07, 6.45) is 5.10. The first-order valence-corrected chi connectivity index (χ1v) is 39.1. The molecule has 6 aromatic heterocycles. The molecule has 0 aliphatic heterocycles. The van der Waals surface area contributed by atoms with Crippen molar-refractivity contribution in [1.29, 1.82) is 0 Å². The van der Waals surface area contributed by atoms with E-state index in [1.165, 1.54) is 11.1 Å². The summed E-state index contributed by atoms with van der Waals surface area (Å²) < 4.78 is 12.9. The molecule has 22 rings (SSSR count). The van der Waals surface area contributed by atoms with Crippen molar-refractivity contribution in [2.24, 2.45) is 0 Å². The molecule has 0 fully saturated rings. The third kappa shape index (κ3) is 13.6. The molecular formula is C106H66N10O2. The average Bonchev–Trinajstić information content (AvgIpc) is 1.58. The second-order valence-corrected chi connectivity index (χ2v) is 29.1. The average molecular weight is 1510 g/mol. The highest BCUT2D eigenvalue weighted by atomic mass is 16.3. The molecule has 16 aromatic carbocycles. The van der Waals surface area contributed by atoms with E-state index < -0.39 is 0 Å². The Morgan fingerprint density at radius 2 is 0.534 bits per heavy atom. The Labute approximate surface area is 678 Å². The van der Waals surface area contributed by atoms with Crippen LogP contribution >= 0.6 is 0 Å². The molecule has 0 unspecified atom stereocenters. The number of fused-ring (bicyclic) bond motifs is 10. The zero-order chi connectivity index (χ0) is 78.2. The molecule has 0 bridgehead atoms. The predicted octanol–water partition coefficient (Wildman–Crippen LogP) is 26.8. The fourth-order valence-electron chi connectivity index (χ4n) is 15.7. The molecule has 0 atom stereocenters. The lowest BCUT2D eigenvalue weighted by molar-refractivity contribution is 0.667. The summed E-state index contributed by atoms with van der Waals surface area (Å²) in [5, 5.41) is 6.32. The number of aromatic nitrogens is 10. The lowest BCUT2D eigenvalue weighted by atomic mass is 9.95. The van der Waals surface area contributed by atoms with E-state index in [1.54, 1.807) is 12.7 Å². The summed E-state index contributed by atoms with van der Waals surface area (Å²) in [6.45, 7) is 0. The van der Waals surface area contributed by atoms with E-state index in [0.29, 0.717) is 40.5 Å². The molecule has 12 nitrogen and oxygen atoms in total. The number of nitrogens with zero attached hydrogens (tertiary/aromatic N) is 10. The number of para-hydroxylation sites is 1. The standard InChI is InChI=1S/2C53H33N5O/c1-3-10-34(11-4-1)35-22-26-41(27-23-35)52-56-51(40-13-5-2-6-14-40)57-53(58-52)42-28-24-37(25-29-42)36-18-20-38(21-19-36)43-15-9-16-44(32-43)48-50-49(55-33-54-48)47-45-17-8-7-12-39(45)30-31-46(47)59-50;1-3-10-34(11-4-1)35-22-26-40(27-23-35)52-56-51(39-12-5-2-6-13-39)57-53(58-52)41-28-24-37(25-29-41)36-18-20-38(21-19-36)42-14-9-15-43(30-42)46-31-44-32-54-33-55-49(44)48-45-16-7-8-17-47(45)59-50(46)48/h2*1-33H. The maximum atomic E-state index is 6.49. The first kappa shape index (κ1) is 69.7. The molecule has 0 saturated carbocycles. The molecule has 118 heavy (non-hydrogen) atoms. The van der Waals surface area contributed by atoms with Crippen molar-refractivity contribution in [3.63, 3.8) is 0 Å². The van der Waals surface area contributed by atoms with E-state index in [4.69, 9.17) is 43.7 Å². The molecule has 12 heteroatoms. The van der Waals surface area contributed by atoms with Crippen LogP contribution in [0.4, 0.5) is 0 Å². The molecule has 6 heterocycles. The largest absolute Gasteiger partial charge is 0.455 e. The van der Waals surface area contributed by atoms with Crippen LogP contribution in [0, 0.1) is 0 Å². The van der Waals surface area contributed by atoms with Gasteiger partial charge in [-0.15, -0.1) is 0 Å². The van der Waals surface area contributed by atoms with Gasteiger partial charge in [0.15, 0.2) is 40.5 Å². The van der Waals surface area contributed by atoms with Crippen molar-refractivity contribution in [2.45, 2.75) is 0 Å². The lowest BCUT2D eigenvalue weighted by Crippen LogP contribution is -2.00. The summed E-state index contributed by atoms with van der Waals surface area (Å²) in [7, 11) is 0. The van der Waals surface area contributed by atoms with Gasteiger partial charge in [-0.05, 0) is 113 Å². The third-order valence-electron chi connectivity index (χ3n) is 21.8. The molecule has 0 saturated heterocycles. The highest BCUT2D eigenvalue weighted by molar-refractivity contribution is 6.22. The number of furan rings is 2. The van der Waals surface area contributed by atoms with Crippen LogP contribution in [-0.4, -0.2) is 49.8 Å². The van der Waals surface area contributed by atoms with Gasteiger partial charge in [0, 0.05) is 61.5 Å². The van der Waals surface area contributed by atoms with E-state index in [9.17, 15) is 0 Å². The van der Waals surface area contributed by atoms with Crippen molar-refractivity contribution in [2.75, 3.05) is 0 Å². The van der Waals surface area contributed by atoms with E-state index in [0.717, 1.165) is 171 Å². The van der Waals surface area contributed by atoms with E-state index >= 15 is 0 Å². The Morgan fingerprint density at radius 1 is 0.195 bits per heavy atom. The maximum absolute atomic E-state index is 6.49. The first-order valence-electron chi connectivity index (χ1n) is 39.1. The SMILES string of the molecule is c1ccc(-c2ccc(-c3nc(-c4ccccc4)nc(-c4ccc(-c5ccc(-c6cccc(-c7cc8cncnc8c8c7oc7ccccc78)c6)cc5)cc4)n3)cc2)cc1.c1ccc(-c2ccc(-c3nc(-c4ccccc4)nc(-c4ccc(-c5ccc(-c6cccc(-c7ncnc8c7oc7ccc9ccccc9c78)c6)cc5)cc4)n3)cc2)cc1. The maximum Gasteiger partial charge on any atom is 0.180 e. The van der Waals surface area contributed by atoms with Crippen molar-refractivity contribution in [3.8, 4) is 157 Å². The van der Waals surface area contributed by atoms with Crippen LogP contribution in [0.15, 0.2) is 410 Å². The lowest BCUT2D eigenvalue weighted by Gasteiger charge is -2.10. The second-order valence-electron chi connectivity index (χ2n) is 29.1. The van der Waals surface area contributed by atoms with Crippen molar-refractivity contribution < 1.29 is 8.83 Å². The van der Waals surface area contributed by atoms with Gasteiger partial charge in [-0.25, -0.2) is 49.8 Å². The molecule has 0 amide bonds. The molecule has 0 N–H and O–H groups in total. The topological polar surface area (TPSA) is 155 Å². The smallest absolute Gasteiger partial charge is 0.180 e. The van der Waals surface area contributed by atoms with E-state index in [1.807, 2.05) is 115 Å². The predicted molar refractivity (Wildman–Crippen MR) is 477 cm³/mol. The number of hydrogen-bond acceptors (Lipinski definition) is 12. The molecule has 0 aliphatic rings. The van der Waals surface area contributed by atoms with E-state index in [2.05, 4.69) is 288 Å². The Bertz CT molecular complexity index is 7480.